The first kappa shape index (κ1) is 93.0. The monoisotopic (exact) mass is 1690 g/mol. The number of carboxylic acid groups (broad SMARTS) is 1. The van der Waals surface area contributed by atoms with E-state index in [9.17, 15) is 136 Å². The first-order valence-corrected chi connectivity index (χ1v) is 40.0. The Morgan fingerprint density at radius 3 is 1.27 bits per heavy atom. The van der Waals surface area contributed by atoms with Gasteiger partial charge in [0.05, 0.1) is 73.6 Å². The molecular formula is C75H115O42+. The van der Waals surface area contributed by atoms with E-state index in [1.807, 2.05) is 0 Å². The molecule has 0 radical (unpaired) electrons. The summed E-state index contributed by atoms with van der Waals surface area (Å²) in [7, 11) is 0. The second kappa shape index (κ2) is 41.6. The molecule has 5 aliphatic carbocycles. The summed E-state index contributed by atoms with van der Waals surface area (Å²) in [6.07, 6.45) is -56.8. The van der Waals surface area contributed by atoms with Crippen molar-refractivity contribution in [3.8, 4) is 0 Å². The zero-order chi connectivity index (χ0) is 84.7. The van der Waals surface area contributed by atoms with Crippen LogP contribution in [0.3, 0.4) is 0 Å². The number of carbonyl (C=O) groups excluding carboxylic acids is 4. The van der Waals surface area contributed by atoms with Crippen LogP contribution in [0, 0.1) is 29.6 Å². The van der Waals surface area contributed by atoms with E-state index in [-0.39, 0.29) is 62.7 Å². The Balaban J connectivity index is 0.924. The van der Waals surface area contributed by atoms with Crippen molar-refractivity contribution in [2.75, 3.05) is 26.4 Å². The van der Waals surface area contributed by atoms with E-state index in [1.54, 1.807) is 6.08 Å². The number of aliphatic hydroxyl groups is 23. The number of fused-ring (bicyclic) bond motifs is 1. The van der Waals surface area contributed by atoms with Gasteiger partial charge >= 0.3 is 29.8 Å². The normalized spacial score (nSPS) is 47.6. The van der Waals surface area contributed by atoms with Crippen LogP contribution in [0.4, 0.5) is 0 Å². The quantitative estimate of drug-likeness (QED) is 0.0119. The molecule has 39 atom stereocenters. The lowest BCUT2D eigenvalue weighted by atomic mass is 9.71. The van der Waals surface area contributed by atoms with E-state index in [4.69, 9.17) is 71.1 Å². The van der Waals surface area contributed by atoms with Crippen LogP contribution in [0.25, 0.3) is 0 Å². The SMILES string of the molecule is CC1OC(OC2CC3C(OC4OC(COC(=O)CC(=O)O)C(O)C(O)C4O)CC(O)CC3[OH+]C2C2CC(OC3OC(COC(=O)C=CC4CCC(O)C(O)C4)C(O)C(O)C3O)C(O)C(OC3OC(COC(=O)C=CC4CCC(O)C(O)C4)C(O)C(O)C3O)C2)C(O)C(OC(=O)C=CC2CCC(O)CC2)C1OC1OC(CO)C(O)C(O)C1O. The number of ether oxygens (including phenoxy) is 15. The Morgan fingerprint density at radius 2 is 0.795 bits per heavy atom. The lowest BCUT2D eigenvalue weighted by molar-refractivity contribution is -0.381. The van der Waals surface area contributed by atoms with Gasteiger partial charge in [-0.25, -0.2) is 14.4 Å². The van der Waals surface area contributed by atoms with Gasteiger partial charge in [0.1, 0.15) is 148 Å². The van der Waals surface area contributed by atoms with Crippen LogP contribution in [0.5, 0.6) is 0 Å². The molecule has 11 rings (SSSR count). The summed E-state index contributed by atoms with van der Waals surface area (Å²) in [6.45, 7) is -2.00. The lowest BCUT2D eigenvalue weighted by Crippen LogP contribution is -2.66. The molecule has 6 heterocycles. The molecule has 6 saturated heterocycles. The van der Waals surface area contributed by atoms with Crippen LogP contribution in [0.2, 0.25) is 0 Å². The van der Waals surface area contributed by atoms with E-state index in [0.717, 1.165) is 18.2 Å². The van der Waals surface area contributed by atoms with Gasteiger partial charge in [-0.2, -0.15) is 0 Å². The van der Waals surface area contributed by atoms with Crippen molar-refractivity contribution in [2.24, 2.45) is 29.6 Å². The number of esters is 4. The van der Waals surface area contributed by atoms with Crippen molar-refractivity contribution < 1.29 is 207 Å². The Hall–Kier alpha value is -4.71. The van der Waals surface area contributed by atoms with Crippen molar-refractivity contribution in [3.63, 3.8) is 0 Å². The standard InChI is InChI=1S/C75H114O42/c1-28-68(117-74-66(101)59(94)55(90)45(24-76)112-74)70(116-52(87)15-6-29-2-9-33(77)10-3-29)67(102)75(106-28)111-44-22-35-40(20-34(78)21-41(35)108-71-63(98)60(95)58(93)48(113-71)27-105-53(88)23-49(83)84)107-69(44)32-18-42(109-72-64(99)61(96)56(91)46(114-72)25-103-50(85)13-7-30-4-11-36(79)38(81)16-30)54(89)43(19-32)110-73-65(100)62(97)57(92)47(115-73)26-104-51(86)14-8-31-5-12-37(80)39(82)17-31/h6-8,13-15,28-48,54-82,89-102H,2-5,9-12,16-27H2,1H3,(H,83,84)/p+1. The molecule has 23 N–H and O–H groups in total. The Bertz CT molecular complexity index is 3190. The topological polar surface area (TPSA) is 672 Å². The maximum atomic E-state index is 14.2. The second-order valence-electron chi connectivity index (χ2n) is 32.7. The van der Waals surface area contributed by atoms with Crippen LogP contribution in [-0.2, 0) is 90.3 Å². The van der Waals surface area contributed by atoms with E-state index >= 15 is 0 Å². The fraction of sp³-hybridized carbons (Fsp3) is 0.853. The molecule has 0 bridgehead atoms. The molecule has 0 amide bonds. The van der Waals surface area contributed by atoms with Crippen LogP contribution in [0.15, 0.2) is 36.5 Å². The minimum atomic E-state index is -2.18. The average Bonchev–Trinajstić information content (AvgIpc) is 0.743. The fourth-order valence-electron chi connectivity index (χ4n) is 17.4. The van der Waals surface area contributed by atoms with Crippen molar-refractivity contribution in [1.29, 1.82) is 0 Å². The molecule has 666 valence electrons. The molecule has 42 heteroatoms. The summed E-state index contributed by atoms with van der Waals surface area (Å²) in [5.41, 5.74) is 0. The molecule has 0 aromatic carbocycles. The molecule has 0 aromatic rings. The highest BCUT2D eigenvalue weighted by atomic mass is 16.8. The fourth-order valence-corrected chi connectivity index (χ4v) is 17.4. The highest BCUT2D eigenvalue weighted by molar-refractivity contribution is 5.90. The summed E-state index contributed by atoms with van der Waals surface area (Å²) in [4.78, 5) is 64.1. The number of aliphatic carboxylic acids is 1. The minimum Gasteiger partial charge on any atom is -0.481 e. The van der Waals surface area contributed by atoms with E-state index < -0.39 is 320 Å². The Morgan fingerprint density at radius 1 is 0.376 bits per heavy atom. The van der Waals surface area contributed by atoms with Gasteiger partial charge in [-0.1, -0.05) is 18.2 Å². The summed E-state index contributed by atoms with van der Waals surface area (Å²) in [6, 6.07) is 0. The zero-order valence-electron chi connectivity index (χ0n) is 64.0. The molecule has 39 unspecified atom stereocenters. The summed E-state index contributed by atoms with van der Waals surface area (Å²) in [5, 5.41) is 243. The summed E-state index contributed by atoms with van der Waals surface area (Å²) >= 11 is 0. The van der Waals surface area contributed by atoms with Crippen molar-refractivity contribution >= 4 is 29.8 Å². The third kappa shape index (κ3) is 23.2. The lowest BCUT2D eigenvalue weighted by Gasteiger charge is -2.51. The Labute approximate surface area is 670 Å². The third-order valence-corrected chi connectivity index (χ3v) is 24.3. The van der Waals surface area contributed by atoms with Crippen LogP contribution in [-0.4, -0.2) is 406 Å². The van der Waals surface area contributed by atoms with Gasteiger partial charge in [0.15, 0.2) is 49.8 Å². The smallest absolute Gasteiger partial charge is 0.330 e. The average molecular weight is 1690 g/mol. The van der Waals surface area contributed by atoms with Gasteiger partial charge < -0.3 is 183 Å². The summed E-state index contributed by atoms with van der Waals surface area (Å²) < 4.78 is 89.6. The first-order valence-electron chi connectivity index (χ1n) is 40.0. The maximum absolute atomic E-state index is 14.2. The molecule has 117 heavy (non-hydrogen) atoms. The number of carboxylic acids is 1. The van der Waals surface area contributed by atoms with Crippen molar-refractivity contribution in [3.05, 3.63) is 36.5 Å². The minimum absolute atomic E-state index is 0.129. The van der Waals surface area contributed by atoms with Crippen LogP contribution in [0.1, 0.15) is 110 Å². The van der Waals surface area contributed by atoms with Gasteiger partial charge in [0.2, 0.25) is 0 Å². The molecule has 5 saturated carbocycles. The molecule has 42 nitrogen and oxygen atoms in total. The number of hydrogen-bond donors (Lipinski definition) is 22. The highest BCUT2D eigenvalue weighted by Gasteiger charge is 2.61. The van der Waals surface area contributed by atoms with Gasteiger partial charge in [0, 0.05) is 37.0 Å². The maximum Gasteiger partial charge on any atom is 0.330 e. The van der Waals surface area contributed by atoms with Gasteiger partial charge in [-0.05, 0) is 108 Å². The molecular weight excluding hydrogens is 1570 g/mol. The zero-order valence-corrected chi connectivity index (χ0v) is 64.0. The number of carbonyl (C=O) groups is 5. The molecule has 11 aliphatic rings. The predicted octanol–water partition coefficient (Wildman–Crippen LogP) is -9.27. The number of rotatable bonds is 27. The molecule has 0 aromatic heterocycles. The molecule has 6 aliphatic heterocycles. The largest absolute Gasteiger partial charge is 0.481 e. The number of allylic oxidation sites excluding steroid dienone is 3. The summed E-state index contributed by atoms with van der Waals surface area (Å²) in [5.74, 6) is -8.93. The second-order valence-corrected chi connectivity index (χ2v) is 32.7. The Kier molecular flexibility index (Phi) is 33.1. The predicted molar refractivity (Wildman–Crippen MR) is 379 cm³/mol. The molecule has 0 spiro atoms. The van der Waals surface area contributed by atoms with E-state index in [1.165, 1.54) is 19.1 Å². The van der Waals surface area contributed by atoms with Crippen molar-refractivity contribution in [2.45, 2.75) is 343 Å². The van der Waals surface area contributed by atoms with E-state index in [2.05, 4.69) is 0 Å². The van der Waals surface area contributed by atoms with Crippen LogP contribution >= 0.6 is 0 Å². The van der Waals surface area contributed by atoms with Crippen molar-refractivity contribution in [1.82, 2.24) is 0 Å². The number of aliphatic hydroxyl groups excluding tert-OH is 21. The van der Waals surface area contributed by atoms with Gasteiger partial charge in [-0.3, -0.25) is 9.59 Å². The third-order valence-electron chi connectivity index (χ3n) is 24.3. The highest BCUT2D eigenvalue weighted by Crippen LogP contribution is 2.47. The first-order chi connectivity index (χ1) is 55.5. The van der Waals surface area contributed by atoms with Crippen LogP contribution < -0.4 is 0 Å². The molecule has 11 fully saturated rings. The van der Waals surface area contributed by atoms with Gasteiger partial charge in [-0.15, -0.1) is 0 Å². The van der Waals surface area contributed by atoms with Gasteiger partial charge in [0.25, 0.3) is 0 Å². The number of hydrogen-bond acceptors (Lipinski definition) is 40. The van der Waals surface area contributed by atoms with E-state index in [0.29, 0.717) is 38.5 Å².